The fraction of sp³-hybridized carbons (Fsp3) is 0.750. The van der Waals surface area contributed by atoms with Crippen LogP contribution in [0.5, 0.6) is 0 Å². The molecule has 0 radical (unpaired) electrons. The molecule has 0 spiro atoms. The summed E-state index contributed by atoms with van der Waals surface area (Å²) in [5.41, 5.74) is 0. The van der Waals surface area contributed by atoms with Crippen LogP contribution in [0, 0.1) is 0 Å². The third-order valence-corrected chi connectivity index (χ3v) is 2.54. The van der Waals surface area contributed by atoms with E-state index in [0.29, 0.717) is 6.42 Å². The van der Waals surface area contributed by atoms with Crippen LogP contribution < -0.4 is 0 Å². The van der Waals surface area contributed by atoms with Gasteiger partial charge in [0.25, 0.3) is 0 Å². The van der Waals surface area contributed by atoms with Gasteiger partial charge in [0.1, 0.15) is 6.04 Å². The lowest BCUT2D eigenvalue weighted by Gasteiger charge is -2.18. The van der Waals surface area contributed by atoms with Gasteiger partial charge in [-0.3, -0.25) is 4.90 Å². The van der Waals surface area contributed by atoms with Crippen LogP contribution in [0.4, 0.5) is 4.79 Å². The van der Waals surface area contributed by atoms with Crippen LogP contribution in [0.1, 0.15) is 6.42 Å². The van der Waals surface area contributed by atoms with Crippen molar-refractivity contribution in [2.24, 2.45) is 0 Å². The number of carbonyl (C=O) groups is 2. The second-order valence-corrected chi connectivity index (χ2v) is 3.64. The molecule has 0 aromatic carbocycles. The van der Waals surface area contributed by atoms with Gasteiger partial charge in [-0.15, -0.1) is 0 Å². The fourth-order valence-electron chi connectivity index (χ4n) is 1.63. The number of carboxylic acids is 1. The van der Waals surface area contributed by atoms with Gasteiger partial charge in [0.2, 0.25) is 0 Å². The molecular formula is C8H14N2O4. The van der Waals surface area contributed by atoms with E-state index in [4.69, 9.17) is 10.2 Å². The van der Waals surface area contributed by atoms with Crippen LogP contribution in [-0.4, -0.2) is 64.8 Å². The number of aliphatic carboxylic acids is 1. The summed E-state index contributed by atoms with van der Waals surface area (Å²) < 4.78 is 0. The van der Waals surface area contributed by atoms with E-state index >= 15 is 0 Å². The quantitative estimate of drug-likeness (QED) is 0.645. The Hall–Kier alpha value is -1.30. The molecule has 1 aliphatic heterocycles. The van der Waals surface area contributed by atoms with E-state index in [2.05, 4.69) is 0 Å². The molecule has 80 valence electrons. The Morgan fingerprint density at radius 2 is 1.93 bits per heavy atom. The maximum atomic E-state index is 10.8. The van der Waals surface area contributed by atoms with E-state index in [1.54, 1.807) is 0 Å². The van der Waals surface area contributed by atoms with Gasteiger partial charge in [0.05, 0.1) is 0 Å². The maximum Gasteiger partial charge on any atom is 0.408 e. The highest BCUT2D eigenvalue weighted by atomic mass is 16.4. The molecule has 0 saturated carbocycles. The summed E-state index contributed by atoms with van der Waals surface area (Å²) in [6.07, 6.45) is -0.809. The molecule has 2 atom stereocenters. The number of likely N-dealkylation sites (N-methyl/N-ethyl adjacent to an activating group) is 1. The minimum Gasteiger partial charge on any atom is -0.480 e. The van der Waals surface area contributed by atoms with Gasteiger partial charge >= 0.3 is 12.1 Å². The van der Waals surface area contributed by atoms with E-state index in [0.717, 1.165) is 4.90 Å². The third kappa shape index (κ3) is 1.95. The van der Waals surface area contributed by atoms with Crippen molar-refractivity contribution < 1.29 is 19.8 Å². The normalized spacial score (nSPS) is 26.9. The van der Waals surface area contributed by atoms with Gasteiger partial charge < -0.3 is 15.1 Å². The molecule has 2 unspecified atom stereocenters. The molecule has 1 fully saturated rings. The van der Waals surface area contributed by atoms with Gasteiger partial charge in [0.15, 0.2) is 0 Å². The zero-order valence-electron chi connectivity index (χ0n) is 8.17. The number of likely N-dealkylation sites (tertiary alicyclic amines) is 1. The second kappa shape index (κ2) is 3.83. The molecule has 0 aromatic rings. The van der Waals surface area contributed by atoms with Crippen molar-refractivity contribution >= 4 is 12.1 Å². The topological polar surface area (TPSA) is 81.1 Å². The summed E-state index contributed by atoms with van der Waals surface area (Å²) in [6, 6.07) is -0.910. The lowest BCUT2D eigenvalue weighted by atomic mass is 10.1. The van der Waals surface area contributed by atoms with Gasteiger partial charge in [0, 0.05) is 12.6 Å². The van der Waals surface area contributed by atoms with Crippen molar-refractivity contribution in [2.75, 3.05) is 20.6 Å². The van der Waals surface area contributed by atoms with Crippen molar-refractivity contribution in [3.05, 3.63) is 0 Å². The summed E-state index contributed by atoms with van der Waals surface area (Å²) in [6.45, 7) is 0.263. The van der Waals surface area contributed by atoms with Crippen LogP contribution in [0.3, 0.4) is 0 Å². The Labute approximate surface area is 81.7 Å². The zero-order chi connectivity index (χ0) is 10.9. The number of nitrogens with zero attached hydrogens (tertiary/aromatic N) is 2. The number of amides is 1. The summed E-state index contributed by atoms with van der Waals surface area (Å²) in [4.78, 5) is 24.3. The van der Waals surface area contributed by atoms with Crippen molar-refractivity contribution in [1.82, 2.24) is 9.80 Å². The van der Waals surface area contributed by atoms with Crippen molar-refractivity contribution in [2.45, 2.75) is 18.5 Å². The van der Waals surface area contributed by atoms with E-state index in [1.165, 1.54) is 0 Å². The largest absolute Gasteiger partial charge is 0.480 e. The molecule has 1 rings (SSSR count). The molecule has 0 aliphatic carbocycles. The Bertz CT molecular complexity index is 232. The summed E-state index contributed by atoms with van der Waals surface area (Å²) in [5, 5.41) is 17.6. The van der Waals surface area contributed by atoms with Crippen molar-refractivity contribution in [1.29, 1.82) is 0 Å². The highest BCUT2D eigenvalue weighted by Gasteiger charge is 2.40. The van der Waals surface area contributed by atoms with Gasteiger partial charge in [-0.25, -0.2) is 9.59 Å². The molecule has 1 saturated heterocycles. The van der Waals surface area contributed by atoms with Gasteiger partial charge in [-0.05, 0) is 20.5 Å². The number of carboxylic acid groups (broad SMARTS) is 2. The molecule has 2 N–H and O–H groups in total. The predicted molar refractivity (Wildman–Crippen MR) is 48.2 cm³/mol. The van der Waals surface area contributed by atoms with E-state index in [-0.39, 0.29) is 12.6 Å². The first-order chi connectivity index (χ1) is 6.43. The van der Waals surface area contributed by atoms with E-state index < -0.39 is 18.1 Å². The SMILES string of the molecule is CN(C)C1CC(C(=O)O)N(C(=O)O)C1. The lowest BCUT2D eigenvalue weighted by molar-refractivity contribution is -0.141. The van der Waals surface area contributed by atoms with Crippen LogP contribution >= 0.6 is 0 Å². The lowest BCUT2D eigenvalue weighted by Crippen LogP contribution is -2.40. The van der Waals surface area contributed by atoms with Gasteiger partial charge in [-0.1, -0.05) is 0 Å². The Morgan fingerprint density at radius 3 is 2.21 bits per heavy atom. The Balaban J connectivity index is 2.75. The molecule has 6 nitrogen and oxygen atoms in total. The number of rotatable bonds is 2. The Morgan fingerprint density at radius 1 is 1.36 bits per heavy atom. The molecule has 1 heterocycles. The molecule has 6 heteroatoms. The Kier molecular flexibility index (Phi) is 2.95. The van der Waals surface area contributed by atoms with Crippen LogP contribution in [0.15, 0.2) is 0 Å². The number of hydrogen-bond donors (Lipinski definition) is 2. The van der Waals surface area contributed by atoms with Crippen LogP contribution in [0.2, 0.25) is 0 Å². The maximum absolute atomic E-state index is 10.8. The van der Waals surface area contributed by atoms with E-state index in [1.807, 2.05) is 19.0 Å². The first-order valence-corrected chi connectivity index (χ1v) is 4.32. The molecule has 0 bridgehead atoms. The monoisotopic (exact) mass is 202 g/mol. The zero-order valence-corrected chi connectivity index (χ0v) is 8.17. The molecular weight excluding hydrogens is 188 g/mol. The van der Waals surface area contributed by atoms with Crippen LogP contribution in [-0.2, 0) is 4.79 Å². The highest BCUT2D eigenvalue weighted by molar-refractivity contribution is 5.80. The van der Waals surface area contributed by atoms with Crippen LogP contribution in [0.25, 0.3) is 0 Å². The van der Waals surface area contributed by atoms with Crippen molar-refractivity contribution in [3.8, 4) is 0 Å². The average molecular weight is 202 g/mol. The fourth-order valence-corrected chi connectivity index (χ4v) is 1.63. The summed E-state index contributed by atoms with van der Waals surface area (Å²) in [5.74, 6) is -1.07. The first kappa shape index (κ1) is 10.8. The average Bonchev–Trinajstić information content (AvgIpc) is 2.47. The second-order valence-electron chi connectivity index (χ2n) is 3.64. The smallest absolute Gasteiger partial charge is 0.408 e. The third-order valence-electron chi connectivity index (χ3n) is 2.54. The molecule has 1 aliphatic rings. The molecule has 0 aromatic heterocycles. The molecule has 14 heavy (non-hydrogen) atoms. The first-order valence-electron chi connectivity index (χ1n) is 4.32. The highest BCUT2D eigenvalue weighted by Crippen LogP contribution is 2.20. The minimum atomic E-state index is -1.17. The molecule has 1 amide bonds. The number of hydrogen-bond acceptors (Lipinski definition) is 3. The van der Waals surface area contributed by atoms with Gasteiger partial charge in [-0.2, -0.15) is 0 Å². The standard InChI is InChI=1S/C8H14N2O4/c1-9(2)5-3-6(7(11)12)10(4-5)8(13)14/h5-6H,3-4H2,1-2H3,(H,11,12)(H,13,14). The summed E-state index contributed by atoms with van der Waals surface area (Å²) >= 11 is 0. The predicted octanol–water partition coefficient (Wildman–Crippen LogP) is -0.246. The summed E-state index contributed by atoms with van der Waals surface area (Å²) in [7, 11) is 3.63. The minimum absolute atomic E-state index is 0.00722. The van der Waals surface area contributed by atoms with E-state index in [9.17, 15) is 9.59 Å². The van der Waals surface area contributed by atoms with Crippen molar-refractivity contribution in [3.63, 3.8) is 0 Å².